The number of benzene rings is 1. The molecule has 4 nitrogen and oxygen atoms in total. The maximum Gasteiger partial charge on any atom is 0.129 e. The minimum atomic E-state index is 0.492. The molecule has 5 heterocycles. The molecule has 138 valence electrons. The summed E-state index contributed by atoms with van der Waals surface area (Å²) in [7, 11) is 0. The zero-order valence-electron chi connectivity index (χ0n) is 15.2. The topological polar surface area (TPSA) is 53.6 Å². The van der Waals surface area contributed by atoms with Gasteiger partial charge in [0.05, 0.1) is 11.2 Å². The van der Waals surface area contributed by atoms with E-state index in [4.69, 9.17) is 11.6 Å². The van der Waals surface area contributed by atoms with E-state index in [1.165, 1.54) is 40.6 Å². The molecule has 3 aromatic heterocycles. The summed E-state index contributed by atoms with van der Waals surface area (Å²) in [5, 5.41) is 5.60. The summed E-state index contributed by atoms with van der Waals surface area (Å²) >= 11 is 5.89. The minimum absolute atomic E-state index is 0.492. The molecule has 2 N–H and O–H groups in total. The molecule has 1 aromatic carbocycles. The molecule has 0 spiro atoms. The van der Waals surface area contributed by atoms with Crippen LogP contribution in [0, 0.1) is 0 Å². The van der Waals surface area contributed by atoms with E-state index in [9.17, 15) is 0 Å². The molecule has 2 bridgehead atoms. The Kier molecular flexibility index (Phi) is 3.58. The number of aromatic nitrogens is 3. The summed E-state index contributed by atoms with van der Waals surface area (Å²) in [6.07, 6.45) is 7.31. The lowest BCUT2D eigenvalue weighted by Gasteiger charge is -2.21. The Labute approximate surface area is 168 Å². The average Bonchev–Trinajstić information content (AvgIpc) is 3.30. The predicted octanol–water partition coefficient (Wildman–Crippen LogP) is 5.29. The lowest BCUT2D eigenvalue weighted by atomic mass is 9.97. The third kappa shape index (κ3) is 2.49. The fraction of sp³-hybridized carbons (Fsp3) is 0.217. The largest absolute Gasteiger partial charge is 0.358 e. The van der Waals surface area contributed by atoms with Crippen LogP contribution in [-0.2, 0) is 6.42 Å². The minimum Gasteiger partial charge on any atom is -0.358 e. The Morgan fingerprint density at radius 3 is 2.64 bits per heavy atom. The van der Waals surface area contributed by atoms with Crippen molar-refractivity contribution in [1.29, 1.82) is 0 Å². The van der Waals surface area contributed by atoms with Gasteiger partial charge in [-0.05, 0) is 36.6 Å². The first kappa shape index (κ1) is 16.3. The van der Waals surface area contributed by atoms with E-state index in [2.05, 4.69) is 44.5 Å². The van der Waals surface area contributed by atoms with Gasteiger partial charge in [0, 0.05) is 58.7 Å². The van der Waals surface area contributed by atoms with Crippen LogP contribution in [0.5, 0.6) is 0 Å². The zero-order valence-corrected chi connectivity index (χ0v) is 16.0. The van der Waals surface area contributed by atoms with Crippen LogP contribution in [0.4, 0.5) is 0 Å². The first-order valence-electron chi connectivity index (χ1n) is 9.74. The molecular weight excluding hydrogens is 368 g/mol. The summed E-state index contributed by atoms with van der Waals surface area (Å²) < 4.78 is 0. The number of fused-ring (bicyclic) bond motifs is 6. The Balaban J connectivity index is 1.43. The predicted molar refractivity (Wildman–Crippen MR) is 112 cm³/mol. The number of rotatable bonds is 2. The van der Waals surface area contributed by atoms with Crippen LogP contribution in [-0.4, -0.2) is 21.0 Å². The van der Waals surface area contributed by atoms with Crippen LogP contribution in [0.15, 0.2) is 54.9 Å². The van der Waals surface area contributed by atoms with Gasteiger partial charge < -0.3 is 10.3 Å². The number of H-pyrrole nitrogens is 1. The monoisotopic (exact) mass is 386 g/mol. The molecule has 2 atom stereocenters. The molecule has 4 aromatic rings. The van der Waals surface area contributed by atoms with Gasteiger partial charge in [-0.2, -0.15) is 0 Å². The number of halogens is 1. The molecule has 6 rings (SSSR count). The van der Waals surface area contributed by atoms with Crippen LogP contribution in [0.1, 0.15) is 30.1 Å². The Morgan fingerprint density at radius 1 is 0.929 bits per heavy atom. The third-order valence-corrected chi connectivity index (χ3v) is 6.32. The highest BCUT2D eigenvalue weighted by atomic mass is 35.5. The van der Waals surface area contributed by atoms with Crippen molar-refractivity contribution in [1.82, 2.24) is 20.3 Å². The number of pyridine rings is 2. The van der Waals surface area contributed by atoms with Gasteiger partial charge in [0.2, 0.25) is 0 Å². The van der Waals surface area contributed by atoms with Gasteiger partial charge in [-0.25, -0.2) is 4.98 Å². The summed E-state index contributed by atoms with van der Waals surface area (Å²) in [5.74, 6) is 0. The summed E-state index contributed by atoms with van der Waals surface area (Å²) in [6.45, 7) is 0. The summed E-state index contributed by atoms with van der Waals surface area (Å²) in [5.41, 5.74) is 8.29. The molecular formula is C23H19ClN4. The Hall–Kier alpha value is -2.69. The van der Waals surface area contributed by atoms with E-state index < -0.39 is 0 Å². The van der Waals surface area contributed by atoms with Crippen molar-refractivity contribution in [3.05, 3.63) is 71.3 Å². The lowest BCUT2D eigenvalue weighted by Crippen LogP contribution is -2.31. The van der Waals surface area contributed by atoms with Gasteiger partial charge in [-0.3, -0.25) is 4.98 Å². The number of nitrogens with zero attached hydrogens (tertiary/aromatic N) is 2. The Bertz CT molecular complexity index is 1180. The molecule has 1 fully saturated rings. The number of aromatic amines is 1. The van der Waals surface area contributed by atoms with Crippen molar-refractivity contribution in [2.45, 2.75) is 31.3 Å². The van der Waals surface area contributed by atoms with Gasteiger partial charge in [0.15, 0.2) is 0 Å². The van der Waals surface area contributed by atoms with Crippen LogP contribution in [0.25, 0.3) is 33.3 Å². The van der Waals surface area contributed by atoms with Crippen molar-refractivity contribution in [2.75, 3.05) is 0 Å². The second-order valence-electron chi connectivity index (χ2n) is 7.74. The van der Waals surface area contributed by atoms with Crippen molar-refractivity contribution in [3.8, 4) is 22.4 Å². The van der Waals surface area contributed by atoms with E-state index in [0.29, 0.717) is 17.2 Å². The lowest BCUT2D eigenvalue weighted by molar-refractivity contribution is 0.513. The first-order chi connectivity index (χ1) is 13.8. The normalized spacial score (nSPS) is 20.5. The highest BCUT2D eigenvalue weighted by Gasteiger charge is 2.34. The molecule has 28 heavy (non-hydrogen) atoms. The van der Waals surface area contributed by atoms with Gasteiger partial charge >= 0.3 is 0 Å². The Morgan fingerprint density at radius 2 is 1.82 bits per heavy atom. The van der Waals surface area contributed by atoms with E-state index in [1.807, 2.05) is 18.3 Å². The summed E-state index contributed by atoms with van der Waals surface area (Å²) in [4.78, 5) is 12.6. The van der Waals surface area contributed by atoms with Gasteiger partial charge in [-0.15, -0.1) is 0 Å². The molecule has 0 aliphatic carbocycles. The van der Waals surface area contributed by atoms with Gasteiger partial charge in [-0.1, -0.05) is 35.9 Å². The van der Waals surface area contributed by atoms with Gasteiger partial charge in [0.25, 0.3) is 0 Å². The summed E-state index contributed by atoms with van der Waals surface area (Å²) in [6, 6.07) is 15.6. The number of hydrogen-bond donors (Lipinski definition) is 2. The molecule has 5 heteroatoms. The fourth-order valence-electron chi connectivity index (χ4n) is 4.80. The van der Waals surface area contributed by atoms with Crippen molar-refractivity contribution in [2.24, 2.45) is 0 Å². The average molecular weight is 387 g/mol. The van der Waals surface area contributed by atoms with Gasteiger partial charge in [0.1, 0.15) is 5.15 Å². The first-order valence-corrected chi connectivity index (χ1v) is 10.1. The molecule has 0 saturated carbocycles. The van der Waals surface area contributed by atoms with Crippen molar-refractivity contribution in [3.63, 3.8) is 0 Å². The maximum absolute atomic E-state index is 5.89. The van der Waals surface area contributed by atoms with Crippen LogP contribution < -0.4 is 5.32 Å². The second-order valence-corrected chi connectivity index (χ2v) is 8.13. The van der Waals surface area contributed by atoms with Crippen LogP contribution >= 0.6 is 11.6 Å². The standard InChI is InChI=1S/C23H19ClN4/c24-21-9-5-14(12-26-21)18-7-4-13(11-25-18)16-2-1-3-17-22-19-8-6-15(27-19)10-20(22)28-23(16)17/h1-5,7,9,11-12,15,19,27-28H,6,8,10H2. The number of hydrogen-bond acceptors (Lipinski definition) is 3. The SMILES string of the molecule is Clc1ccc(-c2ccc(-c3cccc4c5c([nH]c34)CC3CCC5N3)cn2)cn1. The highest BCUT2D eigenvalue weighted by molar-refractivity contribution is 6.29. The molecule has 1 saturated heterocycles. The molecule has 2 unspecified atom stereocenters. The molecule has 2 aliphatic rings. The second kappa shape index (κ2) is 6.16. The third-order valence-electron chi connectivity index (χ3n) is 6.09. The van der Waals surface area contributed by atoms with Crippen molar-refractivity contribution >= 4 is 22.5 Å². The fourth-order valence-corrected chi connectivity index (χ4v) is 4.91. The van der Waals surface area contributed by atoms with Crippen LogP contribution in [0.2, 0.25) is 5.15 Å². The quantitative estimate of drug-likeness (QED) is 0.460. The maximum atomic E-state index is 5.89. The van der Waals surface area contributed by atoms with E-state index in [-0.39, 0.29) is 0 Å². The highest BCUT2D eigenvalue weighted by Crippen LogP contribution is 2.42. The van der Waals surface area contributed by atoms with E-state index in [1.54, 1.807) is 12.3 Å². The zero-order chi connectivity index (χ0) is 18.7. The van der Waals surface area contributed by atoms with E-state index in [0.717, 1.165) is 23.2 Å². The van der Waals surface area contributed by atoms with Crippen LogP contribution in [0.3, 0.4) is 0 Å². The number of nitrogens with one attached hydrogen (secondary N) is 2. The van der Waals surface area contributed by atoms with E-state index >= 15 is 0 Å². The molecule has 2 aliphatic heterocycles. The molecule has 0 radical (unpaired) electrons. The smallest absolute Gasteiger partial charge is 0.129 e. The number of para-hydroxylation sites is 1. The van der Waals surface area contributed by atoms with Crippen molar-refractivity contribution < 1.29 is 0 Å². The molecule has 0 amide bonds.